The molecule has 182 valence electrons. The van der Waals surface area contributed by atoms with E-state index in [1.54, 1.807) is 12.1 Å². The zero-order chi connectivity index (χ0) is 23.4. The Morgan fingerprint density at radius 2 is 1.09 bits per heavy atom. The number of hydrogen-bond acceptors (Lipinski definition) is 4. The van der Waals surface area contributed by atoms with Crippen LogP contribution in [0.4, 0.5) is 0 Å². The fourth-order valence-corrected chi connectivity index (χ4v) is 3.71. The molecule has 2 rings (SSSR count). The molecule has 0 bridgehead atoms. The van der Waals surface area contributed by atoms with Crippen molar-refractivity contribution in [1.82, 2.24) is 0 Å². The van der Waals surface area contributed by atoms with Crippen molar-refractivity contribution in [2.75, 3.05) is 19.8 Å². The summed E-state index contributed by atoms with van der Waals surface area (Å²) in [7, 11) is 0. The third-order valence-electron chi connectivity index (χ3n) is 5.69. The molecular formula is C29H42O4. The molecule has 0 aliphatic heterocycles. The Balaban J connectivity index is 1.45. The van der Waals surface area contributed by atoms with Gasteiger partial charge in [-0.3, -0.25) is 0 Å². The molecule has 0 aliphatic carbocycles. The summed E-state index contributed by atoms with van der Waals surface area (Å²) in [5, 5.41) is 0. The Labute approximate surface area is 200 Å². The summed E-state index contributed by atoms with van der Waals surface area (Å²) in [6.45, 7) is 3.53. The van der Waals surface area contributed by atoms with Gasteiger partial charge >= 0.3 is 5.97 Å². The van der Waals surface area contributed by atoms with Gasteiger partial charge in [-0.1, -0.05) is 95.8 Å². The van der Waals surface area contributed by atoms with Gasteiger partial charge in [0, 0.05) is 0 Å². The lowest BCUT2D eigenvalue weighted by atomic mass is 10.1. The van der Waals surface area contributed by atoms with Crippen LogP contribution in [-0.2, 0) is 4.74 Å². The summed E-state index contributed by atoms with van der Waals surface area (Å²) >= 11 is 0. The van der Waals surface area contributed by atoms with E-state index in [9.17, 15) is 4.79 Å². The van der Waals surface area contributed by atoms with Crippen molar-refractivity contribution in [1.29, 1.82) is 0 Å². The smallest absolute Gasteiger partial charge is 0.338 e. The third-order valence-corrected chi connectivity index (χ3v) is 5.69. The second-order valence-corrected chi connectivity index (χ2v) is 8.56. The van der Waals surface area contributed by atoms with Crippen LogP contribution >= 0.6 is 0 Å². The molecule has 2 aromatic carbocycles. The lowest BCUT2D eigenvalue weighted by Crippen LogP contribution is -2.12. The second kappa shape index (κ2) is 18.0. The number of esters is 1. The average molecular weight is 455 g/mol. The van der Waals surface area contributed by atoms with Crippen molar-refractivity contribution in [3.63, 3.8) is 0 Å². The first-order chi connectivity index (χ1) is 16.3. The predicted octanol–water partition coefficient (Wildman–Crippen LogP) is 8.00. The summed E-state index contributed by atoms with van der Waals surface area (Å²) < 4.78 is 16.6. The average Bonchev–Trinajstić information content (AvgIpc) is 2.85. The van der Waals surface area contributed by atoms with Gasteiger partial charge in [0.15, 0.2) is 0 Å². The van der Waals surface area contributed by atoms with Gasteiger partial charge in [-0.2, -0.15) is 0 Å². The standard InChI is InChI=1S/C29H42O4/c1-2-3-4-5-6-7-8-9-10-11-12-16-23-31-28-21-19-26(20-22-28)29(30)33-25-24-32-27-17-14-13-15-18-27/h13-15,17-22H,2-12,16,23-25H2,1H3. The highest BCUT2D eigenvalue weighted by molar-refractivity contribution is 5.89. The van der Waals surface area contributed by atoms with Gasteiger partial charge in [-0.15, -0.1) is 0 Å². The van der Waals surface area contributed by atoms with Gasteiger partial charge < -0.3 is 14.2 Å². The third kappa shape index (κ3) is 13.0. The minimum atomic E-state index is -0.348. The molecule has 0 saturated carbocycles. The normalized spacial score (nSPS) is 10.7. The van der Waals surface area contributed by atoms with Crippen LogP contribution in [0.1, 0.15) is 94.3 Å². The minimum Gasteiger partial charge on any atom is -0.494 e. The minimum absolute atomic E-state index is 0.213. The van der Waals surface area contributed by atoms with Crippen molar-refractivity contribution in [3.05, 3.63) is 60.2 Å². The molecule has 4 nitrogen and oxygen atoms in total. The van der Waals surface area contributed by atoms with Crippen molar-refractivity contribution in [2.45, 2.75) is 84.0 Å². The molecule has 0 fully saturated rings. The van der Waals surface area contributed by atoms with Crippen molar-refractivity contribution in [2.24, 2.45) is 0 Å². The Morgan fingerprint density at radius 3 is 1.70 bits per heavy atom. The highest BCUT2D eigenvalue weighted by Crippen LogP contribution is 2.15. The molecule has 0 atom stereocenters. The fourth-order valence-electron chi connectivity index (χ4n) is 3.71. The van der Waals surface area contributed by atoms with E-state index in [0.29, 0.717) is 12.2 Å². The molecule has 0 aromatic heterocycles. The zero-order valence-corrected chi connectivity index (χ0v) is 20.4. The van der Waals surface area contributed by atoms with Gasteiger partial charge in [0.1, 0.15) is 24.7 Å². The van der Waals surface area contributed by atoms with Crippen LogP contribution < -0.4 is 9.47 Å². The Kier molecular flexibility index (Phi) is 14.6. The van der Waals surface area contributed by atoms with Crippen molar-refractivity contribution < 1.29 is 19.0 Å². The first-order valence-electron chi connectivity index (χ1n) is 12.9. The van der Waals surface area contributed by atoms with Crippen LogP contribution in [0.2, 0.25) is 0 Å². The summed E-state index contributed by atoms with van der Waals surface area (Å²) in [6, 6.07) is 16.6. The number of para-hydroxylation sites is 1. The Bertz CT molecular complexity index is 727. The maximum absolute atomic E-state index is 12.1. The van der Waals surface area contributed by atoms with E-state index in [-0.39, 0.29) is 12.6 Å². The molecule has 4 heteroatoms. The highest BCUT2D eigenvalue weighted by atomic mass is 16.6. The number of rotatable bonds is 19. The van der Waals surface area contributed by atoms with Crippen LogP contribution in [0.5, 0.6) is 11.5 Å². The van der Waals surface area contributed by atoms with E-state index in [2.05, 4.69) is 6.92 Å². The number of hydrogen-bond donors (Lipinski definition) is 0. The molecular weight excluding hydrogens is 412 g/mol. The summed E-state index contributed by atoms with van der Waals surface area (Å²) in [4.78, 5) is 12.1. The molecule has 0 radical (unpaired) electrons. The van der Waals surface area contributed by atoms with Gasteiger partial charge in [-0.05, 0) is 42.8 Å². The largest absolute Gasteiger partial charge is 0.494 e. The molecule has 0 saturated heterocycles. The first kappa shape index (κ1) is 26.8. The second-order valence-electron chi connectivity index (χ2n) is 8.56. The Morgan fingerprint density at radius 1 is 0.576 bits per heavy atom. The van der Waals surface area contributed by atoms with Gasteiger partial charge in [0.05, 0.1) is 12.2 Å². The molecule has 0 aliphatic rings. The van der Waals surface area contributed by atoms with E-state index < -0.39 is 0 Å². The first-order valence-corrected chi connectivity index (χ1v) is 12.9. The molecule has 0 N–H and O–H groups in total. The number of ether oxygens (including phenoxy) is 3. The van der Waals surface area contributed by atoms with E-state index in [1.165, 1.54) is 70.6 Å². The van der Waals surface area contributed by atoms with E-state index in [1.807, 2.05) is 42.5 Å². The summed E-state index contributed by atoms with van der Waals surface area (Å²) in [5.41, 5.74) is 0.521. The van der Waals surface area contributed by atoms with Crippen LogP contribution in [0.15, 0.2) is 54.6 Å². The maximum Gasteiger partial charge on any atom is 0.338 e. The van der Waals surface area contributed by atoms with E-state index >= 15 is 0 Å². The van der Waals surface area contributed by atoms with Crippen molar-refractivity contribution in [3.8, 4) is 11.5 Å². The van der Waals surface area contributed by atoms with E-state index in [4.69, 9.17) is 14.2 Å². The highest BCUT2D eigenvalue weighted by Gasteiger charge is 2.07. The SMILES string of the molecule is CCCCCCCCCCCCCCOc1ccc(C(=O)OCCOc2ccccc2)cc1. The predicted molar refractivity (Wildman–Crippen MR) is 135 cm³/mol. The summed E-state index contributed by atoms with van der Waals surface area (Å²) in [5.74, 6) is 1.21. The number of carbonyl (C=O) groups is 1. The number of unbranched alkanes of at least 4 members (excludes halogenated alkanes) is 11. The molecule has 33 heavy (non-hydrogen) atoms. The lowest BCUT2D eigenvalue weighted by Gasteiger charge is -2.09. The maximum atomic E-state index is 12.1. The Hall–Kier alpha value is -2.49. The fraction of sp³-hybridized carbons (Fsp3) is 0.552. The number of benzene rings is 2. The molecule has 0 unspecified atom stereocenters. The summed E-state index contributed by atoms with van der Waals surface area (Å²) in [6.07, 6.45) is 16.0. The van der Waals surface area contributed by atoms with Crippen molar-refractivity contribution >= 4 is 5.97 Å². The van der Waals surface area contributed by atoms with Crippen LogP contribution in [0.25, 0.3) is 0 Å². The van der Waals surface area contributed by atoms with Gasteiger partial charge in [0.25, 0.3) is 0 Å². The van der Waals surface area contributed by atoms with E-state index in [0.717, 1.165) is 24.5 Å². The lowest BCUT2D eigenvalue weighted by molar-refractivity contribution is 0.0450. The van der Waals surface area contributed by atoms with Crippen LogP contribution in [-0.4, -0.2) is 25.8 Å². The topological polar surface area (TPSA) is 44.8 Å². The molecule has 0 heterocycles. The van der Waals surface area contributed by atoms with Crippen LogP contribution in [0.3, 0.4) is 0 Å². The number of carbonyl (C=O) groups excluding carboxylic acids is 1. The monoisotopic (exact) mass is 454 g/mol. The molecule has 0 amide bonds. The zero-order valence-electron chi connectivity index (χ0n) is 20.4. The van der Waals surface area contributed by atoms with Gasteiger partial charge in [-0.25, -0.2) is 4.79 Å². The van der Waals surface area contributed by atoms with Crippen LogP contribution in [0, 0.1) is 0 Å². The quantitative estimate of drug-likeness (QED) is 0.159. The molecule has 0 spiro atoms. The molecule has 2 aromatic rings. The van der Waals surface area contributed by atoms with Gasteiger partial charge in [0.2, 0.25) is 0 Å².